The van der Waals surface area contributed by atoms with Gasteiger partial charge in [-0.05, 0) is 96.7 Å². The quantitative estimate of drug-likeness (QED) is 0.342. The zero-order chi connectivity index (χ0) is 27.2. The topological polar surface area (TPSA) is 3.24 Å². The lowest BCUT2D eigenvalue weighted by molar-refractivity contribution is 0.0234. The SMILES string of the molecule is C=C(C)c1ccc2c(c1)N(CC1C(C)CC1C1CCCCC1)CC(c1ccc(Cl)cc1CCC)CC2.CC. The minimum Gasteiger partial charge on any atom is -0.370 e. The van der Waals surface area contributed by atoms with Crippen molar-refractivity contribution in [2.45, 2.75) is 105 Å². The van der Waals surface area contributed by atoms with Crippen molar-refractivity contribution < 1.29 is 0 Å². The van der Waals surface area contributed by atoms with Crippen LogP contribution < -0.4 is 4.90 Å². The Morgan fingerprint density at radius 3 is 2.47 bits per heavy atom. The highest BCUT2D eigenvalue weighted by Gasteiger charge is 2.43. The van der Waals surface area contributed by atoms with Gasteiger partial charge in [-0.2, -0.15) is 0 Å². The second-order valence-corrected chi connectivity index (χ2v) is 12.7. The van der Waals surface area contributed by atoms with Crippen molar-refractivity contribution >= 4 is 22.9 Å². The van der Waals surface area contributed by atoms with Crippen molar-refractivity contribution in [1.82, 2.24) is 0 Å². The van der Waals surface area contributed by atoms with Crippen LogP contribution in [0, 0.1) is 23.7 Å². The van der Waals surface area contributed by atoms with Crippen LogP contribution in [0.4, 0.5) is 5.69 Å². The smallest absolute Gasteiger partial charge is 0.0408 e. The van der Waals surface area contributed by atoms with Crippen LogP contribution >= 0.6 is 11.6 Å². The van der Waals surface area contributed by atoms with Crippen molar-refractivity contribution in [2.24, 2.45) is 23.7 Å². The van der Waals surface area contributed by atoms with Gasteiger partial charge < -0.3 is 4.90 Å². The van der Waals surface area contributed by atoms with Crippen LogP contribution in [0.2, 0.25) is 5.02 Å². The van der Waals surface area contributed by atoms with Gasteiger partial charge in [0.2, 0.25) is 0 Å². The van der Waals surface area contributed by atoms with Gasteiger partial charge in [-0.15, -0.1) is 0 Å². The summed E-state index contributed by atoms with van der Waals surface area (Å²) < 4.78 is 0. The molecule has 2 saturated carbocycles. The summed E-state index contributed by atoms with van der Waals surface area (Å²) in [6, 6.07) is 13.8. The fraction of sp³-hybridized carbons (Fsp3) is 0.611. The number of allylic oxidation sites excluding steroid dienone is 1. The van der Waals surface area contributed by atoms with Gasteiger partial charge >= 0.3 is 0 Å². The molecule has 2 heteroatoms. The van der Waals surface area contributed by atoms with Gasteiger partial charge in [-0.25, -0.2) is 0 Å². The first-order valence-corrected chi connectivity index (χ1v) is 16.1. The van der Waals surface area contributed by atoms with Gasteiger partial charge in [0.1, 0.15) is 0 Å². The third-order valence-corrected chi connectivity index (χ3v) is 10.0. The van der Waals surface area contributed by atoms with E-state index in [4.69, 9.17) is 11.6 Å². The molecular formula is C36H52ClN. The number of aryl methyl sites for hydroxylation is 2. The van der Waals surface area contributed by atoms with E-state index >= 15 is 0 Å². The molecule has 0 bridgehead atoms. The Labute approximate surface area is 239 Å². The number of halogens is 1. The van der Waals surface area contributed by atoms with E-state index in [2.05, 4.69) is 68.6 Å². The molecule has 2 aliphatic carbocycles. The van der Waals surface area contributed by atoms with E-state index in [1.54, 1.807) is 0 Å². The summed E-state index contributed by atoms with van der Waals surface area (Å²) in [4.78, 5) is 2.81. The molecule has 4 atom stereocenters. The van der Waals surface area contributed by atoms with Crippen molar-refractivity contribution in [2.75, 3.05) is 18.0 Å². The summed E-state index contributed by atoms with van der Waals surface area (Å²) in [6.07, 6.45) is 13.4. The largest absolute Gasteiger partial charge is 0.370 e. The van der Waals surface area contributed by atoms with Crippen LogP contribution in [0.3, 0.4) is 0 Å². The Morgan fingerprint density at radius 1 is 1.03 bits per heavy atom. The number of hydrogen-bond donors (Lipinski definition) is 0. The van der Waals surface area contributed by atoms with Gasteiger partial charge in [-0.3, -0.25) is 0 Å². The molecule has 0 radical (unpaired) electrons. The second kappa shape index (κ2) is 13.6. The average Bonchev–Trinajstić information content (AvgIpc) is 3.11. The fourth-order valence-electron chi connectivity index (χ4n) is 7.68. The first-order valence-electron chi connectivity index (χ1n) is 15.8. The van der Waals surface area contributed by atoms with Crippen LogP contribution in [0.25, 0.3) is 5.57 Å². The molecule has 0 saturated heterocycles. The lowest BCUT2D eigenvalue weighted by atomic mass is 9.58. The maximum absolute atomic E-state index is 6.45. The molecule has 5 rings (SSSR count). The predicted molar refractivity (Wildman–Crippen MR) is 169 cm³/mol. The lowest BCUT2D eigenvalue weighted by Gasteiger charge is -2.50. The Balaban J connectivity index is 0.00000164. The Bertz CT molecular complexity index is 1070. The molecule has 4 unspecified atom stereocenters. The third kappa shape index (κ3) is 6.52. The van der Waals surface area contributed by atoms with Gasteiger partial charge in [0, 0.05) is 29.7 Å². The van der Waals surface area contributed by atoms with E-state index in [1.807, 2.05) is 13.8 Å². The summed E-state index contributed by atoms with van der Waals surface area (Å²) in [6.45, 7) is 17.5. The molecule has 2 aromatic rings. The number of rotatable bonds is 7. The normalized spacial score (nSPS) is 25.5. The van der Waals surface area contributed by atoms with E-state index in [0.717, 1.165) is 54.5 Å². The van der Waals surface area contributed by atoms with Gasteiger partial charge in [-0.1, -0.05) is 108 Å². The van der Waals surface area contributed by atoms with Crippen LogP contribution in [0.15, 0.2) is 43.0 Å². The first-order chi connectivity index (χ1) is 18.4. The second-order valence-electron chi connectivity index (χ2n) is 12.3. The molecule has 0 aromatic heterocycles. The van der Waals surface area contributed by atoms with Crippen LogP contribution in [-0.4, -0.2) is 13.1 Å². The highest BCUT2D eigenvalue weighted by atomic mass is 35.5. The predicted octanol–water partition coefficient (Wildman–Crippen LogP) is 10.7. The monoisotopic (exact) mass is 533 g/mol. The van der Waals surface area contributed by atoms with E-state index in [-0.39, 0.29) is 0 Å². The third-order valence-electron chi connectivity index (χ3n) is 9.80. The minimum atomic E-state index is 0.549. The molecule has 1 heterocycles. The van der Waals surface area contributed by atoms with E-state index in [0.29, 0.717) is 5.92 Å². The Kier molecular flexibility index (Phi) is 10.4. The van der Waals surface area contributed by atoms with Gasteiger partial charge in [0.25, 0.3) is 0 Å². The molecule has 2 fully saturated rings. The standard InChI is InChI=1S/C34H46ClN.C2H6/c1-5-9-28-19-30(35)16-17-31(28)29-15-13-26-12-14-27(23(2)3)20-34(26)36(21-29)22-33-24(4)18-32(33)25-10-7-6-8-11-25;1-2/h12,14,16-17,19-20,24-25,29,32-33H,2,5-11,13,15,18,21-22H2,1,3-4H3;1-2H3. The Morgan fingerprint density at radius 2 is 1.79 bits per heavy atom. The average molecular weight is 534 g/mol. The summed E-state index contributed by atoms with van der Waals surface area (Å²) in [7, 11) is 0. The summed E-state index contributed by atoms with van der Waals surface area (Å²) in [5.74, 6) is 4.12. The lowest BCUT2D eigenvalue weighted by Crippen LogP contribution is -2.47. The molecule has 0 N–H and O–H groups in total. The highest BCUT2D eigenvalue weighted by Crippen LogP contribution is 2.50. The van der Waals surface area contributed by atoms with Crippen molar-refractivity contribution in [3.8, 4) is 0 Å². The number of benzene rings is 2. The van der Waals surface area contributed by atoms with Crippen LogP contribution in [0.1, 0.15) is 114 Å². The molecule has 3 aliphatic rings. The van der Waals surface area contributed by atoms with Gasteiger partial charge in [0.05, 0.1) is 0 Å². The van der Waals surface area contributed by atoms with Crippen molar-refractivity contribution in [1.29, 1.82) is 0 Å². The molecule has 2 aromatic carbocycles. The maximum atomic E-state index is 6.45. The molecule has 0 amide bonds. The van der Waals surface area contributed by atoms with E-state index in [9.17, 15) is 0 Å². The number of fused-ring (bicyclic) bond motifs is 1. The summed E-state index contributed by atoms with van der Waals surface area (Å²) in [5.41, 5.74) is 8.45. The van der Waals surface area contributed by atoms with E-state index < -0.39 is 0 Å². The molecule has 38 heavy (non-hydrogen) atoms. The highest BCUT2D eigenvalue weighted by molar-refractivity contribution is 6.30. The number of anilines is 1. The number of nitrogens with zero attached hydrogens (tertiary/aromatic N) is 1. The van der Waals surface area contributed by atoms with Crippen LogP contribution in [0.5, 0.6) is 0 Å². The van der Waals surface area contributed by atoms with Crippen LogP contribution in [-0.2, 0) is 12.8 Å². The molecule has 208 valence electrons. The van der Waals surface area contributed by atoms with Crippen molar-refractivity contribution in [3.05, 3.63) is 70.3 Å². The first kappa shape index (κ1) is 29.3. The molecular weight excluding hydrogens is 482 g/mol. The Hall–Kier alpha value is -1.73. The van der Waals surface area contributed by atoms with E-state index in [1.165, 1.54) is 85.0 Å². The van der Waals surface area contributed by atoms with Crippen molar-refractivity contribution in [3.63, 3.8) is 0 Å². The maximum Gasteiger partial charge on any atom is 0.0408 e. The molecule has 1 nitrogen and oxygen atoms in total. The summed E-state index contributed by atoms with van der Waals surface area (Å²) in [5, 5.41) is 0.876. The molecule has 0 spiro atoms. The zero-order valence-corrected chi connectivity index (χ0v) is 25.6. The zero-order valence-electron chi connectivity index (χ0n) is 24.9. The molecule has 1 aliphatic heterocycles. The fourth-order valence-corrected chi connectivity index (χ4v) is 7.88. The van der Waals surface area contributed by atoms with Gasteiger partial charge in [0.15, 0.2) is 0 Å². The summed E-state index contributed by atoms with van der Waals surface area (Å²) >= 11 is 6.45. The minimum absolute atomic E-state index is 0.549. The number of hydrogen-bond acceptors (Lipinski definition) is 1.